The molecule has 4 N–H and O–H groups in total. The monoisotopic (exact) mass is 295 g/mol. The summed E-state index contributed by atoms with van der Waals surface area (Å²) in [6, 6.07) is 1.46. The third-order valence-corrected chi connectivity index (χ3v) is 2.49. The number of halogens is 5. The van der Waals surface area contributed by atoms with Crippen molar-refractivity contribution in [2.24, 2.45) is 0 Å². The number of aromatic nitrogens is 3. The van der Waals surface area contributed by atoms with Crippen LogP contribution in [0.15, 0.2) is 12.1 Å². The van der Waals surface area contributed by atoms with Gasteiger partial charge in [-0.25, -0.2) is 4.39 Å². The van der Waals surface area contributed by atoms with Gasteiger partial charge in [-0.1, -0.05) is 11.6 Å². The van der Waals surface area contributed by atoms with Gasteiger partial charge in [-0.05, 0) is 12.1 Å². The summed E-state index contributed by atoms with van der Waals surface area (Å²) < 4.78 is 52.1. The first-order valence-electron chi connectivity index (χ1n) is 4.74. The molecule has 0 aliphatic carbocycles. The first kappa shape index (κ1) is 13.4. The lowest BCUT2D eigenvalue weighted by Crippen LogP contribution is -2.11. The first-order chi connectivity index (χ1) is 8.70. The second kappa shape index (κ2) is 4.26. The van der Waals surface area contributed by atoms with Crippen molar-refractivity contribution >= 4 is 23.5 Å². The van der Waals surface area contributed by atoms with Crippen molar-refractivity contribution in [1.82, 2.24) is 14.8 Å². The zero-order valence-corrected chi connectivity index (χ0v) is 9.80. The Morgan fingerprint density at radius 1 is 1.21 bits per heavy atom. The largest absolute Gasteiger partial charge is 0.419 e. The number of benzene rings is 1. The molecule has 10 heteroatoms. The van der Waals surface area contributed by atoms with E-state index in [4.69, 9.17) is 23.1 Å². The predicted octanol–water partition coefficient (Wildman–Crippen LogP) is 2.24. The quantitative estimate of drug-likeness (QED) is 0.790. The predicted molar refractivity (Wildman–Crippen MR) is 60.2 cm³/mol. The lowest BCUT2D eigenvalue weighted by atomic mass is 10.2. The molecule has 0 radical (unpaired) electrons. The highest BCUT2D eigenvalue weighted by atomic mass is 35.5. The highest BCUT2D eigenvalue weighted by Gasteiger charge is 2.36. The summed E-state index contributed by atoms with van der Waals surface area (Å²) in [4.78, 5) is 3.52. The highest BCUT2D eigenvalue weighted by molar-refractivity contribution is 6.31. The molecule has 0 fully saturated rings. The molecule has 0 spiro atoms. The molecule has 1 heterocycles. The van der Waals surface area contributed by atoms with Gasteiger partial charge in [0, 0.05) is 0 Å². The Morgan fingerprint density at radius 2 is 1.84 bits per heavy atom. The first-order valence-corrected chi connectivity index (χ1v) is 5.12. The number of hydrogen-bond acceptors (Lipinski definition) is 4. The molecule has 0 saturated carbocycles. The molecule has 0 atom stereocenters. The van der Waals surface area contributed by atoms with Gasteiger partial charge in [-0.2, -0.15) is 22.8 Å². The Kier molecular flexibility index (Phi) is 3.01. The van der Waals surface area contributed by atoms with Gasteiger partial charge in [0.1, 0.15) is 0 Å². The molecule has 0 aliphatic rings. The second-order valence-electron chi connectivity index (χ2n) is 3.53. The minimum Gasteiger partial charge on any atom is -0.368 e. The molecule has 102 valence electrons. The van der Waals surface area contributed by atoms with E-state index in [9.17, 15) is 17.6 Å². The summed E-state index contributed by atoms with van der Waals surface area (Å²) >= 11 is 5.43. The van der Waals surface area contributed by atoms with Gasteiger partial charge in [-0.3, -0.25) is 0 Å². The fourth-order valence-electron chi connectivity index (χ4n) is 1.43. The van der Waals surface area contributed by atoms with Gasteiger partial charge in [0.25, 0.3) is 0 Å². The van der Waals surface area contributed by atoms with Gasteiger partial charge < -0.3 is 11.5 Å². The van der Waals surface area contributed by atoms with Crippen molar-refractivity contribution in [1.29, 1.82) is 0 Å². The average molecular weight is 296 g/mol. The Labute approximate surface area is 108 Å². The van der Waals surface area contributed by atoms with Crippen LogP contribution in [0.2, 0.25) is 5.02 Å². The van der Waals surface area contributed by atoms with E-state index in [1.165, 1.54) is 0 Å². The lowest BCUT2D eigenvalue weighted by Gasteiger charge is -2.11. The van der Waals surface area contributed by atoms with E-state index in [2.05, 4.69) is 10.1 Å². The molecule has 0 amide bonds. The lowest BCUT2D eigenvalue weighted by molar-refractivity contribution is -0.139. The van der Waals surface area contributed by atoms with Crippen molar-refractivity contribution in [3.8, 4) is 5.69 Å². The van der Waals surface area contributed by atoms with Crippen LogP contribution in [0.25, 0.3) is 5.69 Å². The molecule has 2 aromatic rings. The number of nitrogens with two attached hydrogens (primary N) is 2. The number of anilines is 2. The SMILES string of the molecule is Nc1nc(N)n(-c2cc(Cl)c(F)c(C(F)(F)F)c2)n1. The second-order valence-corrected chi connectivity index (χ2v) is 3.93. The average Bonchev–Trinajstić information content (AvgIpc) is 2.60. The standard InChI is InChI=1S/C9H6ClF4N5/c10-5-2-3(19-8(16)17-7(15)18-19)1-4(6(5)11)9(12,13)14/h1-2H,(H4,15,16,17,18). The van der Waals surface area contributed by atoms with Crippen LogP contribution in [0.1, 0.15) is 5.56 Å². The van der Waals surface area contributed by atoms with Crippen molar-refractivity contribution in [3.63, 3.8) is 0 Å². The van der Waals surface area contributed by atoms with Crippen LogP contribution in [0, 0.1) is 5.82 Å². The van der Waals surface area contributed by atoms with Crippen molar-refractivity contribution in [3.05, 3.63) is 28.5 Å². The van der Waals surface area contributed by atoms with Gasteiger partial charge in [-0.15, -0.1) is 5.10 Å². The molecule has 0 saturated heterocycles. The van der Waals surface area contributed by atoms with Crippen LogP contribution in [-0.4, -0.2) is 14.8 Å². The van der Waals surface area contributed by atoms with Crippen molar-refractivity contribution in [2.45, 2.75) is 6.18 Å². The fourth-order valence-corrected chi connectivity index (χ4v) is 1.65. The summed E-state index contributed by atoms with van der Waals surface area (Å²) in [6.45, 7) is 0. The van der Waals surface area contributed by atoms with E-state index in [1.807, 2.05) is 0 Å². The van der Waals surface area contributed by atoms with Crippen molar-refractivity contribution in [2.75, 3.05) is 11.5 Å². The van der Waals surface area contributed by atoms with E-state index >= 15 is 0 Å². The molecular weight excluding hydrogens is 290 g/mol. The number of nitrogen functional groups attached to an aromatic ring is 2. The van der Waals surface area contributed by atoms with E-state index in [1.54, 1.807) is 0 Å². The van der Waals surface area contributed by atoms with E-state index in [0.29, 0.717) is 6.07 Å². The Hall–Kier alpha value is -2.03. The summed E-state index contributed by atoms with van der Waals surface area (Å²) in [5.41, 5.74) is 8.95. The molecule has 0 unspecified atom stereocenters. The van der Waals surface area contributed by atoms with Gasteiger partial charge in [0.05, 0.1) is 16.3 Å². The van der Waals surface area contributed by atoms with Crippen LogP contribution in [0.3, 0.4) is 0 Å². The number of alkyl halides is 3. The summed E-state index contributed by atoms with van der Waals surface area (Å²) in [6.07, 6.45) is -4.90. The van der Waals surface area contributed by atoms with Crippen LogP contribution in [0.4, 0.5) is 29.5 Å². The van der Waals surface area contributed by atoms with Crippen LogP contribution in [-0.2, 0) is 6.18 Å². The minimum atomic E-state index is -4.90. The minimum absolute atomic E-state index is 0.194. The number of rotatable bonds is 1. The maximum Gasteiger partial charge on any atom is 0.419 e. The normalized spacial score (nSPS) is 11.8. The smallest absolute Gasteiger partial charge is 0.368 e. The van der Waals surface area contributed by atoms with Gasteiger partial charge in [0.2, 0.25) is 11.9 Å². The molecule has 1 aromatic heterocycles. The topological polar surface area (TPSA) is 82.7 Å². The molecular formula is C9H6ClF4N5. The molecule has 1 aromatic carbocycles. The Bertz CT molecular complexity index is 636. The van der Waals surface area contributed by atoms with E-state index < -0.39 is 22.6 Å². The highest BCUT2D eigenvalue weighted by Crippen LogP contribution is 2.36. The Balaban J connectivity index is 2.67. The maximum absolute atomic E-state index is 13.3. The van der Waals surface area contributed by atoms with Crippen LogP contribution < -0.4 is 11.5 Å². The summed E-state index contributed by atoms with van der Waals surface area (Å²) in [5.74, 6) is -2.04. The summed E-state index contributed by atoms with van der Waals surface area (Å²) in [7, 11) is 0. The molecule has 2 rings (SSSR count). The third-order valence-electron chi connectivity index (χ3n) is 2.21. The number of nitrogens with zero attached hydrogens (tertiary/aromatic N) is 3. The molecule has 0 aliphatic heterocycles. The summed E-state index contributed by atoms with van der Waals surface area (Å²) in [5, 5.41) is 2.87. The van der Waals surface area contributed by atoms with Crippen LogP contribution in [0.5, 0.6) is 0 Å². The molecule has 0 bridgehead atoms. The van der Waals surface area contributed by atoms with Gasteiger partial charge in [0.15, 0.2) is 5.82 Å². The number of hydrogen-bond donors (Lipinski definition) is 2. The van der Waals surface area contributed by atoms with Gasteiger partial charge >= 0.3 is 6.18 Å². The Morgan fingerprint density at radius 3 is 2.32 bits per heavy atom. The van der Waals surface area contributed by atoms with E-state index in [0.717, 1.165) is 10.7 Å². The van der Waals surface area contributed by atoms with Crippen LogP contribution >= 0.6 is 11.6 Å². The third kappa shape index (κ3) is 2.41. The molecule has 5 nitrogen and oxygen atoms in total. The zero-order chi connectivity index (χ0) is 14.4. The molecule has 19 heavy (non-hydrogen) atoms. The zero-order valence-electron chi connectivity index (χ0n) is 9.04. The van der Waals surface area contributed by atoms with E-state index in [-0.39, 0.29) is 17.6 Å². The maximum atomic E-state index is 13.3. The van der Waals surface area contributed by atoms with Crippen molar-refractivity contribution < 1.29 is 17.6 Å². The fraction of sp³-hybridized carbons (Fsp3) is 0.111.